The number of esters is 1. The first kappa shape index (κ1) is 16.9. The monoisotopic (exact) mass is 296 g/mol. The van der Waals surface area contributed by atoms with Gasteiger partial charge < -0.3 is 9.84 Å². The number of rotatable bonds is 4. The van der Waals surface area contributed by atoms with Crippen LogP contribution in [0.1, 0.15) is 5.56 Å². The van der Waals surface area contributed by atoms with Gasteiger partial charge in [0.25, 0.3) is 0 Å². The van der Waals surface area contributed by atoms with Crippen molar-refractivity contribution in [1.29, 1.82) is 0 Å². The molecule has 0 spiro atoms. The Balaban J connectivity index is 0.000000220. The van der Waals surface area contributed by atoms with Crippen LogP contribution in [-0.2, 0) is 9.59 Å². The third-order valence-electron chi connectivity index (χ3n) is 2.35. The average molecular weight is 296 g/mol. The fourth-order valence-corrected chi connectivity index (χ4v) is 1.38. The van der Waals surface area contributed by atoms with Gasteiger partial charge >= 0.3 is 11.9 Å². The molecule has 2 aromatic rings. The van der Waals surface area contributed by atoms with Gasteiger partial charge in [-0.1, -0.05) is 55.1 Å². The number of ether oxygens (including phenoxy) is 1. The van der Waals surface area contributed by atoms with Crippen LogP contribution < -0.4 is 4.74 Å². The number of benzene rings is 2. The lowest BCUT2D eigenvalue weighted by atomic mass is 10.2. The first-order chi connectivity index (χ1) is 10.6. The van der Waals surface area contributed by atoms with Gasteiger partial charge in [-0.15, -0.1) is 0 Å². The van der Waals surface area contributed by atoms with Gasteiger partial charge in [-0.25, -0.2) is 9.59 Å². The molecule has 0 aliphatic rings. The van der Waals surface area contributed by atoms with Crippen LogP contribution in [0.2, 0.25) is 0 Å². The number of aliphatic carboxylic acids is 1. The second-order valence-electron chi connectivity index (χ2n) is 4.02. The molecule has 0 fully saturated rings. The number of carboxylic acids is 1. The lowest BCUT2D eigenvalue weighted by Crippen LogP contribution is -2.02. The van der Waals surface area contributed by atoms with Crippen LogP contribution in [-0.4, -0.2) is 17.0 Å². The Bertz CT molecular complexity index is 631. The van der Waals surface area contributed by atoms with Crippen molar-refractivity contribution in [3.05, 3.63) is 85.0 Å². The molecule has 0 aromatic heterocycles. The van der Waals surface area contributed by atoms with Crippen molar-refractivity contribution in [3.8, 4) is 5.75 Å². The van der Waals surface area contributed by atoms with Crippen LogP contribution in [0, 0.1) is 0 Å². The molecule has 0 atom stereocenters. The summed E-state index contributed by atoms with van der Waals surface area (Å²) in [5, 5.41) is 8.29. The van der Waals surface area contributed by atoms with E-state index in [1.165, 1.54) is 0 Å². The van der Waals surface area contributed by atoms with Crippen molar-refractivity contribution in [2.24, 2.45) is 0 Å². The summed E-state index contributed by atoms with van der Waals surface area (Å²) >= 11 is 0. The molecule has 2 rings (SSSR count). The molecular weight excluding hydrogens is 280 g/mol. The van der Waals surface area contributed by atoms with Gasteiger partial charge in [0.2, 0.25) is 0 Å². The maximum atomic E-state index is 10.6. The average Bonchev–Trinajstić information content (AvgIpc) is 2.55. The Morgan fingerprint density at radius 2 is 1.50 bits per heavy atom. The molecule has 2 aromatic carbocycles. The lowest BCUT2D eigenvalue weighted by Gasteiger charge is -1.98. The summed E-state index contributed by atoms with van der Waals surface area (Å²) in [6, 6.07) is 18.2. The normalized spacial score (nSPS) is 9.45. The van der Waals surface area contributed by atoms with E-state index in [2.05, 4.69) is 6.58 Å². The molecule has 0 aliphatic carbocycles. The maximum Gasteiger partial charge on any atom is 0.335 e. The number of carboxylic acid groups (broad SMARTS) is 1. The number of hydrogen-bond donors (Lipinski definition) is 1. The first-order valence-corrected chi connectivity index (χ1v) is 6.47. The van der Waals surface area contributed by atoms with E-state index in [-0.39, 0.29) is 0 Å². The molecule has 0 unspecified atom stereocenters. The predicted octanol–water partition coefficient (Wildman–Crippen LogP) is 3.56. The van der Waals surface area contributed by atoms with Crippen LogP contribution in [0.15, 0.2) is 79.4 Å². The maximum absolute atomic E-state index is 10.6. The molecule has 0 radical (unpaired) electrons. The van der Waals surface area contributed by atoms with Gasteiger partial charge in [0.05, 0.1) is 0 Å². The Labute approximate surface area is 129 Å². The summed E-state index contributed by atoms with van der Waals surface area (Å²) in [6.07, 6.45) is 3.81. The highest BCUT2D eigenvalue weighted by molar-refractivity contribution is 5.85. The zero-order chi connectivity index (χ0) is 16.2. The minimum atomic E-state index is -0.922. The topological polar surface area (TPSA) is 63.6 Å². The van der Waals surface area contributed by atoms with Crippen molar-refractivity contribution in [2.45, 2.75) is 0 Å². The largest absolute Gasteiger partial charge is 0.478 e. The van der Waals surface area contributed by atoms with Crippen LogP contribution >= 0.6 is 0 Å². The van der Waals surface area contributed by atoms with E-state index in [1.54, 1.807) is 30.3 Å². The summed E-state index contributed by atoms with van der Waals surface area (Å²) in [5.41, 5.74) is 0.898. The van der Waals surface area contributed by atoms with Gasteiger partial charge in [-0.2, -0.15) is 0 Å². The second-order valence-corrected chi connectivity index (χ2v) is 4.02. The number of carbonyl (C=O) groups is 2. The smallest absolute Gasteiger partial charge is 0.335 e. The van der Waals surface area contributed by atoms with Crippen molar-refractivity contribution in [2.75, 3.05) is 0 Å². The summed E-state index contributed by atoms with van der Waals surface area (Å²) in [7, 11) is 0. The fraction of sp³-hybridized carbons (Fsp3) is 0. The van der Waals surface area contributed by atoms with Crippen LogP contribution in [0.5, 0.6) is 5.75 Å². The highest BCUT2D eigenvalue weighted by Gasteiger charge is 1.95. The Morgan fingerprint density at radius 3 is 2.00 bits per heavy atom. The van der Waals surface area contributed by atoms with E-state index in [9.17, 15) is 9.59 Å². The summed E-state index contributed by atoms with van der Waals surface area (Å²) in [6.45, 7) is 3.28. The van der Waals surface area contributed by atoms with E-state index in [4.69, 9.17) is 9.84 Å². The summed E-state index contributed by atoms with van der Waals surface area (Å²) in [5.74, 6) is -0.817. The molecule has 1 N–H and O–H groups in total. The Kier molecular flexibility index (Phi) is 7.47. The van der Waals surface area contributed by atoms with Gasteiger partial charge in [0.1, 0.15) is 5.75 Å². The lowest BCUT2D eigenvalue weighted by molar-refractivity contribution is -0.131. The van der Waals surface area contributed by atoms with Crippen molar-refractivity contribution >= 4 is 18.0 Å². The van der Waals surface area contributed by atoms with Gasteiger partial charge in [-0.3, -0.25) is 0 Å². The van der Waals surface area contributed by atoms with Gasteiger partial charge in [0, 0.05) is 12.2 Å². The number of hydrogen-bond acceptors (Lipinski definition) is 3. The molecule has 4 nitrogen and oxygen atoms in total. The highest BCUT2D eigenvalue weighted by Crippen LogP contribution is 2.08. The van der Waals surface area contributed by atoms with Crippen molar-refractivity contribution in [3.63, 3.8) is 0 Å². The summed E-state index contributed by atoms with van der Waals surface area (Å²) < 4.78 is 4.81. The van der Waals surface area contributed by atoms with Crippen LogP contribution in [0.25, 0.3) is 6.08 Å². The second kappa shape index (κ2) is 9.72. The van der Waals surface area contributed by atoms with E-state index in [1.807, 2.05) is 36.4 Å². The van der Waals surface area contributed by atoms with Crippen LogP contribution in [0.3, 0.4) is 0 Å². The third-order valence-corrected chi connectivity index (χ3v) is 2.35. The van der Waals surface area contributed by atoms with E-state index < -0.39 is 11.9 Å². The zero-order valence-electron chi connectivity index (χ0n) is 11.9. The molecule has 0 aliphatic heterocycles. The van der Waals surface area contributed by atoms with Crippen LogP contribution in [0.4, 0.5) is 0 Å². The molecule has 0 saturated carbocycles. The summed E-state index contributed by atoms with van der Waals surface area (Å²) in [4.78, 5) is 20.7. The molecule has 22 heavy (non-hydrogen) atoms. The van der Waals surface area contributed by atoms with Crippen molar-refractivity contribution in [1.82, 2.24) is 0 Å². The first-order valence-electron chi connectivity index (χ1n) is 6.47. The number of para-hydroxylation sites is 1. The SMILES string of the molecule is C=CC(=O)Oc1ccccc1.O=C(O)C=Cc1ccccc1. The van der Waals surface area contributed by atoms with E-state index in [0.717, 1.165) is 17.7 Å². The Morgan fingerprint density at radius 1 is 0.955 bits per heavy atom. The molecule has 0 amide bonds. The van der Waals surface area contributed by atoms with Gasteiger partial charge in [-0.05, 0) is 23.8 Å². The molecule has 0 saturated heterocycles. The molecule has 0 heterocycles. The zero-order valence-corrected chi connectivity index (χ0v) is 11.9. The molecular formula is C18H16O4. The third kappa shape index (κ3) is 7.45. The van der Waals surface area contributed by atoms with Crippen molar-refractivity contribution < 1.29 is 19.4 Å². The molecule has 0 bridgehead atoms. The van der Waals surface area contributed by atoms with E-state index >= 15 is 0 Å². The molecule has 4 heteroatoms. The predicted molar refractivity (Wildman–Crippen MR) is 85.4 cm³/mol. The Hall–Kier alpha value is -3.14. The van der Waals surface area contributed by atoms with E-state index in [0.29, 0.717) is 5.75 Å². The van der Waals surface area contributed by atoms with Gasteiger partial charge in [0.15, 0.2) is 0 Å². The standard InChI is InChI=1S/2C9H8O2/c1-2-9(10)11-8-6-4-3-5-7-8;10-9(11)7-6-8-4-2-1-3-5-8/h2-7H,1H2;1-7H,(H,10,11). The minimum absolute atomic E-state index is 0.434. The quantitative estimate of drug-likeness (QED) is 0.532. The molecule has 112 valence electrons. The number of carbonyl (C=O) groups excluding carboxylic acids is 1. The fourth-order valence-electron chi connectivity index (χ4n) is 1.38. The minimum Gasteiger partial charge on any atom is -0.478 e. The highest BCUT2D eigenvalue weighted by atomic mass is 16.5.